The molecule has 84 valence electrons. The number of esters is 1. The highest BCUT2D eigenvalue weighted by Gasteiger charge is 2.37. The molecular formula is C10H11Cl3O2. The molecule has 0 aromatic rings. The summed E-state index contributed by atoms with van der Waals surface area (Å²) in [6.45, 7) is 0.293. The van der Waals surface area contributed by atoms with Crippen LogP contribution < -0.4 is 0 Å². The third kappa shape index (κ3) is 4.51. The zero-order valence-corrected chi connectivity index (χ0v) is 10.3. The molecule has 1 heterocycles. The number of cyclic esters (lactones) is 1. The highest BCUT2D eigenvalue weighted by molar-refractivity contribution is 6.57. The summed E-state index contributed by atoms with van der Waals surface area (Å²) in [6.07, 6.45) is 2.01. The van der Waals surface area contributed by atoms with Gasteiger partial charge in [0.1, 0.15) is 0 Å². The van der Waals surface area contributed by atoms with Gasteiger partial charge >= 0.3 is 5.97 Å². The van der Waals surface area contributed by atoms with Crippen LogP contribution in [0, 0.1) is 11.8 Å². The molecule has 0 aromatic heterocycles. The monoisotopic (exact) mass is 268 g/mol. The van der Waals surface area contributed by atoms with E-state index in [9.17, 15) is 4.79 Å². The van der Waals surface area contributed by atoms with Crippen LogP contribution in [0.5, 0.6) is 0 Å². The molecule has 5 heteroatoms. The van der Waals surface area contributed by atoms with Gasteiger partial charge in [0.25, 0.3) is 0 Å². The van der Waals surface area contributed by atoms with Crippen molar-refractivity contribution in [3.8, 4) is 11.8 Å². The molecule has 2 nitrogen and oxygen atoms in total. The van der Waals surface area contributed by atoms with Gasteiger partial charge in [-0.2, -0.15) is 0 Å². The molecule has 1 aliphatic heterocycles. The second-order valence-electron chi connectivity index (χ2n) is 3.30. The van der Waals surface area contributed by atoms with E-state index >= 15 is 0 Å². The van der Waals surface area contributed by atoms with Crippen LogP contribution in [-0.2, 0) is 9.53 Å². The first kappa shape index (κ1) is 13.0. The molecule has 0 aromatic carbocycles. The van der Waals surface area contributed by atoms with E-state index in [1.165, 1.54) is 0 Å². The van der Waals surface area contributed by atoms with Gasteiger partial charge in [0.2, 0.25) is 4.33 Å². The van der Waals surface area contributed by atoms with E-state index in [2.05, 4.69) is 11.8 Å². The standard InChI is InChI=1S/C10H11Cl3O2/c11-8-5-3-1-2-4-6-15-9(14)10(12,13)7-8/h8H,2,4-7H2. The van der Waals surface area contributed by atoms with Gasteiger partial charge < -0.3 is 4.74 Å². The lowest BCUT2D eigenvalue weighted by atomic mass is 10.2. The normalized spacial score (nSPS) is 26.9. The predicted octanol–water partition coefficient (Wildman–Crippen LogP) is 2.89. The summed E-state index contributed by atoms with van der Waals surface area (Å²) >= 11 is 17.6. The maximum atomic E-state index is 11.4. The summed E-state index contributed by atoms with van der Waals surface area (Å²) in [6, 6.07) is 0. The Labute approximate surface area is 104 Å². The third-order valence-electron chi connectivity index (χ3n) is 1.90. The number of hydrogen-bond acceptors (Lipinski definition) is 2. The van der Waals surface area contributed by atoms with Gasteiger partial charge in [0.15, 0.2) is 0 Å². The van der Waals surface area contributed by atoms with Crippen molar-refractivity contribution in [3.63, 3.8) is 0 Å². The van der Waals surface area contributed by atoms with Crippen molar-refractivity contribution in [2.24, 2.45) is 0 Å². The Morgan fingerprint density at radius 3 is 2.87 bits per heavy atom. The van der Waals surface area contributed by atoms with Crippen molar-refractivity contribution < 1.29 is 9.53 Å². The van der Waals surface area contributed by atoms with Crippen LogP contribution in [0.4, 0.5) is 0 Å². The van der Waals surface area contributed by atoms with Crippen LogP contribution in [0.25, 0.3) is 0 Å². The molecule has 1 unspecified atom stereocenters. The van der Waals surface area contributed by atoms with Crippen molar-refractivity contribution in [1.82, 2.24) is 0 Å². The van der Waals surface area contributed by atoms with E-state index in [4.69, 9.17) is 39.5 Å². The van der Waals surface area contributed by atoms with Gasteiger partial charge in [0.05, 0.1) is 6.61 Å². The summed E-state index contributed by atoms with van der Waals surface area (Å²) in [5.41, 5.74) is 0. The number of hydrogen-bond donors (Lipinski definition) is 0. The van der Waals surface area contributed by atoms with E-state index in [0.717, 1.165) is 0 Å². The van der Waals surface area contributed by atoms with Gasteiger partial charge in [-0.3, -0.25) is 0 Å². The van der Waals surface area contributed by atoms with Gasteiger partial charge in [-0.25, -0.2) is 4.79 Å². The first-order valence-corrected chi connectivity index (χ1v) is 5.86. The second-order valence-corrected chi connectivity index (χ2v) is 5.40. The van der Waals surface area contributed by atoms with Gasteiger partial charge in [-0.1, -0.05) is 23.2 Å². The third-order valence-corrected chi connectivity index (χ3v) is 2.83. The second kappa shape index (κ2) is 5.84. The van der Waals surface area contributed by atoms with Crippen LogP contribution >= 0.6 is 34.8 Å². The lowest BCUT2D eigenvalue weighted by Crippen LogP contribution is -2.31. The van der Waals surface area contributed by atoms with E-state index in [1.807, 2.05) is 0 Å². The summed E-state index contributed by atoms with van der Waals surface area (Å²) in [5.74, 6) is 5.24. The number of ether oxygens (including phenoxy) is 1. The topological polar surface area (TPSA) is 26.3 Å². The van der Waals surface area contributed by atoms with Crippen molar-refractivity contribution in [1.29, 1.82) is 0 Å². The van der Waals surface area contributed by atoms with Gasteiger partial charge in [-0.15, -0.1) is 23.4 Å². The highest BCUT2D eigenvalue weighted by atomic mass is 35.5. The number of alkyl halides is 3. The molecule has 0 saturated carbocycles. The van der Waals surface area contributed by atoms with E-state index in [0.29, 0.717) is 25.9 Å². The lowest BCUT2D eigenvalue weighted by molar-refractivity contribution is -0.144. The molecule has 0 spiro atoms. The fraction of sp³-hybridized carbons (Fsp3) is 0.700. The molecule has 0 radical (unpaired) electrons. The average Bonchev–Trinajstić information content (AvgIpc) is 2.15. The molecular weight excluding hydrogens is 258 g/mol. The summed E-state index contributed by atoms with van der Waals surface area (Å²) in [5, 5.41) is -0.335. The van der Waals surface area contributed by atoms with Crippen LogP contribution in [0.1, 0.15) is 25.7 Å². The Morgan fingerprint density at radius 2 is 2.13 bits per heavy atom. The first-order valence-electron chi connectivity index (χ1n) is 4.67. The Morgan fingerprint density at radius 1 is 1.40 bits per heavy atom. The number of carbonyl (C=O) groups excluding carboxylic acids is 1. The van der Waals surface area contributed by atoms with Gasteiger partial charge in [-0.05, 0) is 6.42 Å². The Kier molecular flexibility index (Phi) is 5.05. The number of carbonyl (C=O) groups is 1. The van der Waals surface area contributed by atoms with E-state index in [-0.39, 0.29) is 11.8 Å². The molecule has 0 aliphatic carbocycles. The fourth-order valence-corrected chi connectivity index (χ4v) is 2.08. The molecule has 0 N–H and O–H groups in total. The molecule has 0 amide bonds. The summed E-state index contributed by atoms with van der Waals surface area (Å²) in [4.78, 5) is 11.4. The SMILES string of the molecule is O=C1OCCCC#CCC(Cl)CC1(Cl)Cl. The fourth-order valence-electron chi connectivity index (χ4n) is 1.14. The minimum absolute atomic E-state index is 0.144. The zero-order chi connectivity index (χ0) is 11.3. The number of rotatable bonds is 0. The molecule has 0 fully saturated rings. The molecule has 1 atom stereocenters. The van der Waals surface area contributed by atoms with Crippen LogP contribution in [0.15, 0.2) is 0 Å². The van der Waals surface area contributed by atoms with Crippen molar-refractivity contribution in [2.75, 3.05) is 6.61 Å². The smallest absolute Gasteiger partial charge is 0.342 e. The van der Waals surface area contributed by atoms with E-state index < -0.39 is 10.3 Å². The van der Waals surface area contributed by atoms with Crippen molar-refractivity contribution in [2.45, 2.75) is 35.4 Å². The quantitative estimate of drug-likeness (QED) is 0.384. The molecule has 0 bridgehead atoms. The molecule has 0 saturated heterocycles. The van der Waals surface area contributed by atoms with Crippen molar-refractivity contribution in [3.05, 3.63) is 0 Å². The lowest BCUT2D eigenvalue weighted by Gasteiger charge is -2.19. The minimum Gasteiger partial charge on any atom is -0.463 e. The average molecular weight is 270 g/mol. The van der Waals surface area contributed by atoms with Crippen LogP contribution in [0.2, 0.25) is 0 Å². The summed E-state index contributed by atoms with van der Waals surface area (Å²) in [7, 11) is 0. The van der Waals surface area contributed by atoms with Gasteiger partial charge in [0, 0.05) is 24.6 Å². The zero-order valence-electron chi connectivity index (χ0n) is 8.06. The summed E-state index contributed by atoms with van der Waals surface area (Å²) < 4.78 is 3.35. The molecule has 1 aliphatic rings. The number of halogens is 3. The van der Waals surface area contributed by atoms with Crippen LogP contribution in [-0.4, -0.2) is 22.3 Å². The highest BCUT2D eigenvalue weighted by Crippen LogP contribution is 2.31. The molecule has 15 heavy (non-hydrogen) atoms. The maximum Gasteiger partial charge on any atom is 0.342 e. The predicted molar refractivity (Wildman–Crippen MR) is 61.3 cm³/mol. The maximum absolute atomic E-state index is 11.4. The first-order chi connectivity index (χ1) is 7.02. The Bertz CT molecular complexity index is 291. The van der Waals surface area contributed by atoms with E-state index in [1.54, 1.807) is 0 Å². The van der Waals surface area contributed by atoms with Crippen molar-refractivity contribution >= 4 is 40.8 Å². The molecule has 1 rings (SSSR count). The van der Waals surface area contributed by atoms with Crippen LogP contribution in [0.3, 0.4) is 0 Å². The Balaban J connectivity index is 2.68. The minimum atomic E-state index is -1.56. The Hall–Kier alpha value is -0.100. The largest absolute Gasteiger partial charge is 0.463 e.